The number of carbonyl (C=O) groups is 1. The van der Waals surface area contributed by atoms with Crippen LogP contribution in [0.1, 0.15) is 32.5 Å². The minimum Gasteiger partial charge on any atom is -0.371 e. The molecular formula is C22H31ClFN5O2. The van der Waals surface area contributed by atoms with Gasteiger partial charge in [0.25, 0.3) is 5.89 Å². The van der Waals surface area contributed by atoms with Gasteiger partial charge in [-0.25, -0.2) is 4.39 Å². The van der Waals surface area contributed by atoms with E-state index in [1.807, 2.05) is 11.0 Å². The number of hydrogen-bond acceptors (Lipinski definition) is 6. The molecule has 31 heavy (non-hydrogen) atoms. The molecule has 2 fully saturated rings. The standard InChI is InChI=1S/C22H30FN5O2.ClH/c1-15(2)26-8-4-9-27(12-11-26)22(29)17-7-10-28(14-17)18-5-6-19(20(23)13-18)21-24-16(3)25-30-21;/h5-6,13,15,17H,4,7-12,14H2,1-3H3;1H/t17-;/m0./s1. The predicted octanol–water partition coefficient (Wildman–Crippen LogP) is 3.37. The number of halogens is 2. The van der Waals surface area contributed by atoms with Crippen LogP contribution in [0.25, 0.3) is 11.5 Å². The van der Waals surface area contributed by atoms with Crippen LogP contribution in [-0.4, -0.2) is 71.2 Å². The molecule has 4 rings (SSSR count). The highest BCUT2D eigenvalue weighted by atomic mass is 35.5. The molecule has 1 aromatic carbocycles. The maximum Gasteiger partial charge on any atom is 0.260 e. The van der Waals surface area contributed by atoms with E-state index in [0.717, 1.165) is 51.3 Å². The molecule has 9 heteroatoms. The number of nitrogens with zero attached hydrogens (tertiary/aromatic N) is 5. The van der Waals surface area contributed by atoms with Gasteiger partial charge >= 0.3 is 0 Å². The maximum atomic E-state index is 14.7. The molecule has 7 nitrogen and oxygen atoms in total. The van der Waals surface area contributed by atoms with Crippen molar-refractivity contribution in [2.75, 3.05) is 44.2 Å². The van der Waals surface area contributed by atoms with Crippen LogP contribution in [-0.2, 0) is 4.79 Å². The third-order valence-electron chi connectivity index (χ3n) is 6.19. The Hall–Kier alpha value is -2.19. The van der Waals surface area contributed by atoms with Crippen LogP contribution >= 0.6 is 12.4 Å². The molecule has 2 aliphatic heterocycles. The second kappa shape index (κ2) is 9.96. The van der Waals surface area contributed by atoms with Gasteiger partial charge in [0.1, 0.15) is 5.82 Å². The van der Waals surface area contributed by atoms with E-state index in [9.17, 15) is 9.18 Å². The summed E-state index contributed by atoms with van der Waals surface area (Å²) in [5, 5.41) is 3.72. The second-order valence-corrected chi connectivity index (χ2v) is 8.55. The Morgan fingerprint density at radius 1 is 1.19 bits per heavy atom. The monoisotopic (exact) mass is 451 g/mol. The highest BCUT2D eigenvalue weighted by Gasteiger charge is 2.32. The van der Waals surface area contributed by atoms with Crippen molar-refractivity contribution < 1.29 is 13.7 Å². The smallest absolute Gasteiger partial charge is 0.260 e. The number of anilines is 1. The molecule has 2 saturated heterocycles. The molecule has 2 aromatic rings. The zero-order chi connectivity index (χ0) is 21.3. The Morgan fingerprint density at radius 3 is 2.68 bits per heavy atom. The Morgan fingerprint density at radius 2 is 2.00 bits per heavy atom. The van der Waals surface area contributed by atoms with E-state index >= 15 is 0 Å². The summed E-state index contributed by atoms with van der Waals surface area (Å²) in [6, 6.07) is 5.53. The summed E-state index contributed by atoms with van der Waals surface area (Å²) < 4.78 is 19.7. The van der Waals surface area contributed by atoms with Gasteiger partial charge in [-0.15, -0.1) is 12.4 Å². The average molecular weight is 452 g/mol. The van der Waals surface area contributed by atoms with E-state index in [-0.39, 0.29) is 30.1 Å². The lowest BCUT2D eigenvalue weighted by molar-refractivity contribution is -0.134. The fourth-order valence-corrected chi connectivity index (χ4v) is 4.41. The van der Waals surface area contributed by atoms with Crippen molar-refractivity contribution in [2.45, 2.75) is 39.7 Å². The number of benzene rings is 1. The Kier molecular flexibility index (Phi) is 7.54. The first-order valence-electron chi connectivity index (χ1n) is 10.8. The highest BCUT2D eigenvalue weighted by molar-refractivity contribution is 5.85. The Bertz CT molecular complexity index is 906. The van der Waals surface area contributed by atoms with Crippen LogP contribution in [0.4, 0.5) is 10.1 Å². The van der Waals surface area contributed by atoms with Crippen LogP contribution in [0.15, 0.2) is 22.7 Å². The van der Waals surface area contributed by atoms with Crippen molar-refractivity contribution >= 4 is 24.0 Å². The fourth-order valence-electron chi connectivity index (χ4n) is 4.41. The van der Waals surface area contributed by atoms with Gasteiger partial charge in [0, 0.05) is 51.0 Å². The summed E-state index contributed by atoms with van der Waals surface area (Å²) >= 11 is 0. The van der Waals surface area contributed by atoms with Crippen LogP contribution in [0.2, 0.25) is 0 Å². The zero-order valence-corrected chi connectivity index (χ0v) is 19.2. The molecule has 3 heterocycles. The van der Waals surface area contributed by atoms with Gasteiger partial charge < -0.3 is 14.3 Å². The number of hydrogen-bond donors (Lipinski definition) is 0. The highest BCUT2D eigenvalue weighted by Crippen LogP contribution is 2.30. The molecule has 0 saturated carbocycles. The van der Waals surface area contributed by atoms with E-state index in [1.165, 1.54) is 6.07 Å². The molecule has 0 radical (unpaired) electrons. The lowest BCUT2D eigenvalue weighted by Gasteiger charge is -2.26. The van der Waals surface area contributed by atoms with Crippen molar-refractivity contribution in [1.82, 2.24) is 19.9 Å². The Balaban J connectivity index is 0.00000272. The number of carbonyl (C=O) groups excluding carboxylic acids is 1. The van der Waals surface area contributed by atoms with Gasteiger partial charge in [0.2, 0.25) is 5.91 Å². The quantitative estimate of drug-likeness (QED) is 0.710. The van der Waals surface area contributed by atoms with Crippen molar-refractivity contribution in [1.29, 1.82) is 0 Å². The normalized spacial score (nSPS) is 20.1. The van der Waals surface area contributed by atoms with Gasteiger partial charge in [0.05, 0.1) is 11.5 Å². The van der Waals surface area contributed by atoms with Gasteiger partial charge in [-0.2, -0.15) is 4.98 Å². The number of rotatable bonds is 4. The van der Waals surface area contributed by atoms with Gasteiger partial charge in [-0.3, -0.25) is 9.69 Å². The Labute approximate surface area is 189 Å². The van der Waals surface area contributed by atoms with Crippen LogP contribution in [0, 0.1) is 18.7 Å². The molecule has 1 aromatic heterocycles. The largest absolute Gasteiger partial charge is 0.371 e. The minimum absolute atomic E-state index is 0. The van der Waals surface area contributed by atoms with Crippen molar-refractivity contribution in [2.24, 2.45) is 5.92 Å². The number of aryl methyl sites for hydroxylation is 1. The molecule has 1 amide bonds. The summed E-state index contributed by atoms with van der Waals surface area (Å²) in [4.78, 5) is 23.7. The number of aromatic nitrogens is 2. The van der Waals surface area contributed by atoms with E-state index in [2.05, 4.69) is 33.8 Å². The van der Waals surface area contributed by atoms with E-state index in [4.69, 9.17) is 4.52 Å². The van der Waals surface area contributed by atoms with E-state index in [1.54, 1.807) is 13.0 Å². The summed E-state index contributed by atoms with van der Waals surface area (Å²) in [6.45, 7) is 11.1. The van der Waals surface area contributed by atoms with Crippen molar-refractivity contribution in [3.05, 3.63) is 29.8 Å². The first kappa shape index (κ1) is 23.5. The van der Waals surface area contributed by atoms with Crippen molar-refractivity contribution in [3.8, 4) is 11.5 Å². The minimum atomic E-state index is -0.396. The lowest BCUT2D eigenvalue weighted by atomic mass is 10.1. The van der Waals surface area contributed by atoms with Crippen LogP contribution < -0.4 is 4.90 Å². The van der Waals surface area contributed by atoms with Gasteiger partial charge in [-0.1, -0.05) is 5.16 Å². The summed E-state index contributed by atoms with van der Waals surface area (Å²) in [5.41, 5.74) is 1.08. The van der Waals surface area contributed by atoms with Gasteiger partial charge in [-0.05, 0) is 51.8 Å². The molecule has 0 unspecified atom stereocenters. The van der Waals surface area contributed by atoms with E-state index in [0.29, 0.717) is 24.0 Å². The fraction of sp³-hybridized carbons (Fsp3) is 0.591. The summed E-state index contributed by atoms with van der Waals surface area (Å²) in [6.07, 6.45) is 1.82. The maximum absolute atomic E-state index is 14.7. The second-order valence-electron chi connectivity index (χ2n) is 8.55. The average Bonchev–Trinajstić information content (AvgIpc) is 3.30. The summed E-state index contributed by atoms with van der Waals surface area (Å²) in [7, 11) is 0. The molecule has 0 spiro atoms. The first-order valence-corrected chi connectivity index (χ1v) is 10.8. The molecule has 0 bridgehead atoms. The topological polar surface area (TPSA) is 65.7 Å². The molecule has 2 aliphatic rings. The molecule has 170 valence electrons. The molecule has 1 atom stereocenters. The third kappa shape index (κ3) is 5.18. The predicted molar refractivity (Wildman–Crippen MR) is 120 cm³/mol. The first-order chi connectivity index (χ1) is 14.4. The lowest BCUT2D eigenvalue weighted by Crippen LogP contribution is -2.40. The van der Waals surface area contributed by atoms with Crippen molar-refractivity contribution in [3.63, 3.8) is 0 Å². The SMILES string of the molecule is Cc1noc(-c2ccc(N3CC[C@H](C(=O)N4CCCN(C(C)C)CC4)C3)cc2F)n1.Cl. The van der Waals surface area contributed by atoms with Crippen LogP contribution in [0.5, 0.6) is 0 Å². The molecular weight excluding hydrogens is 421 g/mol. The van der Waals surface area contributed by atoms with Crippen LogP contribution in [0.3, 0.4) is 0 Å². The molecule has 0 aliphatic carbocycles. The summed E-state index contributed by atoms with van der Waals surface area (Å²) in [5.74, 6) is 0.465. The molecule has 0 N–H and O–H groups in total. The third-order valence-corrected chi connectivity index (χ3v) is 6.19. The van der Waals surface area contributed by atoms with Gasteiger partial charge in [0.15, 0.2) is 5.82 Å². The number of amides is 1. The zero-order valence-electron chi connectivity index (χ0n) is 18.4. The van der Waals surface area contributed by atoms with E-state index < -0.39 is 5.82 Å².